The van der Waals surface area contributed by atoms with E-state index in [9.17, 15) is 17.6 Å². The summed E-state index contributed by atoms with van der Waals surface area (Å²) >= 11 is 0. The molecule has 0 aliphatic carbocycles. The van der Waals surface area contributed by atoms with Crippen LogP contribution in [0.4, 0.5) is 23.2 Å². The summed E-state index contributed by atoms with van der Waals surface area (Å²) in [5.74, 6) is -0.287. The Morgan fingerprint density at radius 1 is 1.15 bits per heavy atom. The summed E-state index contributed by atoms with van der Waals surface area (Å²) in [5.41, 5.74) is 0.902. The third-order valence-corrected chi connectivity index (χ3v) is 2.77. The first-order valence-electron chi connectivity index (χ1n) is 5.88. The minimum Gasteiger partial charge on any atom is -0.380 e. The second-order valence-corrected chi connectivity index (χ2v) is 4.37. The molecule has 0 radical (unpaired) electrons. The predicted molar refractivity (Wildman–Crippen MR) is 67.7 cm³/mol. The molecule has 0 spiro atoms. The van der Waals surface area contributed by atoms with E-state index in [1.54, 1.807) is 19.1 Å². The van der Waals surface area contributed by atoms with Crippen molar-refractivity contribution in [2.75, 3.05) is 5.32 Å². The Hall–Kier alpha value is -2.11. The average Bonchev–Trinajstić information content (AvgIpc) is 2.40. The van der Waals surface area contributed by atoms with Crippen LogP contribution < -0.4 is 5.32 Å². The third-order valence-electron chi connectivity index (χ3n) is 2.77. The Morgan fingerprint density at radius 3 is 2.45 bits per heavy atom. The van der Waals surface area contributed by atoms with Crippen LogP contribution >= 0.6 is 0 Å². The summed E-state index contributed by atoms with van der Waals surface area (Å²) in [4.78, 5) is 3.35. The molecule has 6 heteroatoms. The predicted octanol–water partition coefficient (Wildman–Crippen LogP) is 4.16. The molecule has 20 heavy (non-hydrogen) atoms. The van der Waals surface area contributed by atoms with Gasteiger partial charge < -0.3 is 5.32 Å². The molecule has 0 saturated heterocycles. The van der Waals surface area contributed by atoms with Crippen LogP contribution in [0.25, 0.3) is 0 Å². The van der Waals surface area contributed by atoms with Gasteiger partial charge in [0.05, 0.1) is 11.9 Å². The van der Waals surface area contributed by atoms with Gasteiger partial charge in [0.25, 0.3) is 0 Å². The van der Waals surface area contributed by atoms with Crippen molar-refractivity contribution in [3.63, 3.8) is 0 Å². The van der Waals surface area contributed by atoms with Crippen LogP contribution in [0.3, 0.4) is 0 Å². The van der Waals surface area contributed by atoms with Crippen molar-refractivity contribution < 1.29 is 17.6 Å². The lowest BCUT2D eigenvalue weighted by Crippen LogP contribution is -2.08. The molecule has 2 rings (SSSR count). The molecule has 106 valence electrons. The number of hydrogen-bond donors (Lipinski definition) is 1. The number of aromatic nitrogens is 1. The van der Waals surface area contributed by atoms with E-state index in [1.165, 1.54) is 12.1 Å². The first-order chi connectivity index (χ1) is 9.36. The third kappa shape index (κ3) is 3.46. The molecule has 1 heterocycles. The van der Waals surface area contributed by atoms with Gasteiger partial charge >= 0.3 is 6.18 Å². The summed E-state index contributed by atoms with van der Waals surface area (Å²) in [6, 6.07) is 6.88. The lowest BCUT2D eigenvalue weighted by molar-refractivity contribution is -0.141. The van der Waals surface area contributed by atoms with Crippen molar-refractivity contribution in [2.45, 2.75) is 19.6 Å². The maximum Gasteiger partial charge on any atom is 0.433 e. The molecule has 1 aromatic carbocycles. The molecule has 0 aliphatic heterocycles. The van der Waals surface area contributed by atoms with Gasteiger partial charge in [0.1, 0.15) is 11.5 Å². The summed E-state index contributed by atoms with van der Waals surface area (Å²) in [6.07, 6.45) is -3.31. The Balaban J connectivity index is 2.02. The van der Waals surface area contributed by atoms with Crippen molar-refractivity contribution in [3.05, 3.63) is 59.2 Å². The van der Waals surface area contributed by atoms with Crippen LogP contribution in [-0.2, 0) is 12.7 Å². The zero-order valence-corrected chi connectivity index (χ0v) is 10.6. The Bertz CT molecular complexity index is 591. The highest BCUT2D eigenvalue weighted by Gasteiger charge is 2.31. The zero-order chi connectivity index (χ0) is 14.8. The van der Waals surface area contributed by atoms with E-state index in [1.807, 2.05) is 0 Å². The van der Waals surface area contributed by atoms with Gasteiger partial charge in [-0.1, -0.05) is 12.1 Å². The molecule has 0 saturated carbocycles. The average molecular weight is 284 g/mol. The molecule has 0 unspecified atom stereocenters. The molecular formula is C14H12F4N2. The standard InChI is InChI=1S/C14H12F4N2/c1-9-6-10(2-4-12(9)15)7-19-11-3-5-13(20-8-11)14(16,17)18/h2-6,8,19H,7H2,1H3. The summed E-state index contributed by atoms with van der Waals surface area (Å²) in [5, 5.41) is 2.93. The van der Waals surface area contributed by atoms with Crippen molar-refractivity contribution in [2.24, 2.45) is 0 Å². The molecule has 1 N–H and O–H groups in total. The SMILES string of the molecule is Cc1cc(CNc2ccc(C(F)(F)F)nc2)ccc1F. The quantitative estimate of drug-likeness (QED) is 0.856. The van der Waals surface area contributed by atoms with Crippen LogP contribution in [0.5, 0.6) is 0 Å². The van der Waals surface area contributed by atoms with Crippen molar-refractivity contribution in [1.82, 2.24) is 4.98 Å². The highest BCUT2D eigenvalue weighted by atomic mass is 19.4. The van der Waals surface area contributed by atoms with Gasteiger partial charge in [-0.05, 0) is 36.2 Å². The fraction of sp³-hybridized carbons (Fsp3) is 0.214. The number of anilines is 1. The fourth-order valence-corrected chi connectivity index (χ4v) is 1.69. The van der Waals surface area contributed by atoms with Crippen molar-refractivity contribution in [3.8, 4) is 0 Å². The number of nitrogens with zero attached hydrogens (tertiary/aromatic N) is 1. The minimum atomic E-state index is -4.44. The van der Waals surface area contributed by atoms with Crippen LogP contribution in [0.2, 0.25) is 0 Å². The van der Waals surface area contributed by atoms with Crippen LogP contribution in [-0.4, -0.2) is 4.98 Å². The lowest BCUT2D eigenvalue weighted by Gasteiger charge is -2.09. The fourth-order valence-electron chi connectivity index (χ4n) is 1.69. The first kappa shape index (κ1) is 14.3. The Morgan fingerprint density at radius 2 is 1.90 bits per heavy atom. The number of nitrogens with one attached hydrogen (secondary N) is 1. The van der Waals surface area contributed by atoms with E-state index in [2.05, 4.69) is 10.3 Å². The van der Waals surface area contributed by atoms with Crippen LogP contribution in [0, 0.1) is 12.7 Å². The number of aryl methyl sites for hydroxylation is 1. The van der Waals surface area contributed by atoms with Gasteiger partial charge in [0.15, 0.2) is 0 Å². The van der Waals surface area contributed by atoms with Crippen LogP contribution in [0.1, 0.15) is 16.8 Å². The molecule has 1 aromatic heterocycles. The van der Waals surface area contributed by atoms with Gasteiger partial charge in [0, 0.05) is 6.54 Å². The first-order valence-corrected chi connectivity index (χ1v) is 5.88. The molecule has 2 nitrogen and oxygen atoms in total. The van der Waals surface area contributed by atoms with Gasteiger partial charge in [-0.25, -0.2) is 9.37 Å². The number of benzene rings is 1. The second-order valence-electron chi connectivity index (χ2n) is 4.37. The monoisotopic (exact) mass is 284 g/mol. The smallest absolute Gasteiger partial charge is 0.380 e. The van der Waals surface area contributed by atoms with E-state index in [0.29, 0.717) is 17.8 Å². The molecule has 0 bridgehead atoms. The summed E-state index contributed by atoms with van der Waals surface area (Å²) in [6.45, 7) is 2.03. The number of hydrogen-bond acceptors (Lipinski definition) is 2. The highest BCUT2D eigenvalue weighted by molar-refractivity contribution is 5.42. The van der Waals surface area contributed by atoms with E-state index >= 15 is 0 Å². The molecule has 0 amide bonds. The van der Waals surface area contributed by atoms with E-state index < -0.39 is 11.9 Å². The number of alkyl halides is 3. The van der Waals surface area contributed by atoms with Gasteiger partial charge in [-0.2, -0.15) is 13.2 Å². The molecule has 0 aliphatic rings. The molecule has 2 aromatic rings. The van der Waals surface area contributed by atoms with E-state index in [-0.39, 0.29) is 5.82 Å². The van der Waals surface area contributed by atoms with Gasteiger partial charge in [-0.3, -0.25) is 0 Å². The number of halogens is 4. The lowest BCUT2D eigenvalue weighted by atomic mass is 10.1. The Labute approximate surface area is 113 Å². The summed E-state index contributed by atoms with van der Waals surface area (Å²) < 4.78 is 50.1. The number of rotatable bonds is 3. The largest absolute Gasteiger partial charge is 0.433 e. The molecule has 0 atom stereocenters. The van der Waals surface area contributed by atoms with E-state index in [0.717, 1.165) is 17.8 Å². The maximum absolute atomic E-state index is 13.1. The van der Waals surface area contributed by atoms with Crippen molar-refractivity contribution in [1.29, 1.82) is 0 Å². The Kier molecular flexibility index (Phi) is 3.92. The zero-order valence-electron chi connectivity index (χ0n) is 10.6. The molecular weight excluding hydrogens is 272 g/mol. The minimum absolute atomic E-state index is 0.287. The topological polar surface area (TPSA) is 24.9 Å². The van der Waals surface area contributed by atoms with Crippen molar-refractivity contribution >= 4 is 5.69 Å². The highest BCUT2D eigenvalue weighted by Crippen LogP contribution is 2.27. The van der Waals surface area contributed by atoms with Gasteiger partial charge in [0.2, 0.25) is 0 Å². The normalized spacial score (nSPS) is 11.4. The van der Waals surface area contributed by atoms with E-state index in [4.69, 9.17) is 0 Å². The number of pyridine rings is 1. The van der Waals surface area contributed by atoms with Gasteiger partial charge in [-0.15, -0.1) is 0 Å². The maximum atomic E-state index is 13.1. The van der Waals surface area contributed by atoms with Crippen LogP contribution in [0.15, 0.2) is 36.5 Å². The molecule has 0 fully saturated rings. The summed E-state index contributed by atoms with van der Waals surface area (Å²) in [7, 11) is 0. The second kappa shape index (κ2) is 5.48.